The lowest BCUT2D eigenvalue weighted by atomic mass is 10.2. The van der Waals surface area contributed by atoms with Gasteiger partial charge in [-0.2, -0.15) is 0 Å². The summed E-state index contributed by atoms with van der Waals surface area (Å²) < 4.78 is 5.33. The van der Waals surface area contributed by atoms with Crippen LogP contribution in [0.5, 0.6) is 0 Å². The van der Waals surface area contributed by atoms with Gasteiger partial charge < -0.3 is 15.4 Å². The van der Waals surface area contributed by atoms with E-state index >= 15 is 0 Å². The molecule has 0 spiro atoms. The summed E-state index contributed by atoms with van der Waals surface area (Å²) in [4.78, 5) is 14.5. The molecule has 1 aliphatic heterocycles. The SMILES string of the molecule is O=C(NCc1ccccc1Sc1ccccc1)C1COCCN1. The fraction of sp³-hybridized carbons (Fsp3) is 0.278. The number of hydrogen-bond acceptors (Lipinski definition) is 4. The average Bonchev–Trinajstić information content (AvgIpc) is 2.62. The molecule has 2 aromatic rings. The van der Waals surface area contributed by atoms with Crippen LogP contribution in [0.3, 0.4) is 0 Å². The largest absolute Gasteiger partial charge is 0.378 e. The number of carbonyl (C=O) groups is 1. The lowest BCUT2D eigenvalue weighted by molar-refractivity contribution is -0.126. The van der Waals surface area contributed by atoms with E-state index in [9.17, 15) is 4.79 Å². The van der Waals surface area contributed by atoms with Crippen molar-refractivity contribution in [1.82, 2.24) is 10.6 Å². The molecular weight excluding hydrogens is 308 g/mol. The van der Waals surface area contributed by atoms with Crippen LogP contribution < -0.4 is 10.6 Å². The maximum atomic E-state index is 12.2. The standard InChI is InChI=1S/C18H20N2O2S/c21-18(16-13-22-11-10-19-16)20-12-14-6-4-5-9-17(14)23-15-7-2-1-3-8-15/h1-9,16,19H,10-13H2,(H,20,21). The van der Waals surface area contributed by atoms with Crippen molar-refractivity contribution >= 4 is 17.7 Å². The number of nitrogens with one attached hydrogen (secondary N) is 2. The van der Waals surface area contributed by atoms with Crippen molar-refractivity contribution in [1.29, 1.82) is 0 Å². The zero-order chi connectivity index (χ0) is 15.9. The molecule has 0 aliphatic carbocycles. The molecule has 0 saturated carbocycles. The second-order valence-corrected chi connectivity index (χ2v) is 6.44. The second kappa shape index (κ2) is 8.15. The van der Waals surface area contributed by atoms with E-state index in [1.165, 1.54) is 4.90 Å². The first kappa shape index (κ1) is 16.1. The van der Waals surface area contributed by atoms with Crippen LogP contribution in [0.15, 0.2) is 64.4 Å². The monoisotopic (exact) mass is 328 g/mol. The number of morpholine rings is 1. The molecule has 1 amide bonds. The lowest BCUT2D eigenvalue weighted by Gasteiger charge is -2.23. The predicted molar refractivity (Wildman–Crippen MR) is 91.5 cm³/mol. The maximum Gasteiger partial charge on any atom is 0.239 e. The quantitative estimate of drug-likeness (QED) is 0.885. The fourth-order valence-corrected chi connectivity index (χ4v) is 3.37. The van der Waals surface area contributed by atoms with E-state index in [4.69, 9.17) is 4.74 Å². The molecule has 1 saturated heterocycles. The topological polar surface area (TPSA) is 50.4 Å². The second-order valence-electron chi connectivity index (χ2n) is 5.32. The summed E-state index contributed by atoms with van der Waals surface area (Å²) in [6.07, 6.45) is 0. The van der Waals surface area contributed by atoms with Gasteiger partial charge in [-0.25, -0.2) is 0 Å². The third kappa shape index (κ3) is 4.58. The van der Waals surface area contributed by atoms with Crippen LogP contribution >= 0.6 is 11.8 Å². The Bertz CT molecular complexity index is 642. The molecule has 120 valence electrons. The number of ether oxygens (including phenoxy) is 1. The molecule has 1 fully saturated rings. The minimum atomic E-state index is -0.252. The number of carbonyl (C=O) groups excluding carboxylic acids is 1. The van der Waals surface area contributed by atoms with E-state index in [2.05, 4.69) is 34.9 Å². The summed E-state index contributed by atoms with van der Waals surface area (Å²) in [5.41, 5.74) is 1.12. The Kier molecular flexibility index (Phi) is 5.69. The van der Waals surface area contributed by atoms with Crippen LogP contribution in [0.25, 0.3) is 0 Å². The zero-order valence-corrected chi connectivity index (χ0v) is 13.6. The van der Waals surface area contributed by atoms with Gasteiger partial charge in [0.1, 0.15) is 6.04 Å². The highest BCUT2D eigenvalue weighted by molar-refractivity contribution is 7.99. The highest BCUT2D eigenvalue weighted by Crippen LogP contribution is 2.30. The van der Waals surface area contributed by atoms with E-state index in [0.717, 1.165) is 17.0 Å². The number of rotatable bonds is 5. The Hall–Kier alpha value is -1.82. The molecule has 23 heavy (non-hydrogen) atoms. The summed E-state index contributed by atoms with van der Waals surface area (Å²) in [7, 11) is 0. The Labute approximate surface area is 140 Å². The van der Waals surface area contributed by atoms with Crippen LogP contribution in [0, 0.1) is 0 Å². The van der Waals surface area contributed by atoms with Gasteiger partial charge in [0.05, 0.1) is 13.2 Å². The molecule has 5 heteroatoms. The molecule has 3 rings (SSSR count). The van der Waals surface area contributed by atoms with E-state index < -0.39 is 0 Å². The first-order valence-corrected chi connectivity index (χ1v) is 8.54. The van der Waals surface area contributed by atoms with E-state index in [1.54, 1.807) is 11.8 Å². The molecule has 2 aromatic carbocycles. The van der Waals surface area contributed by atoms with Gasteiger partial charge in [0.15, 0.2) is 0 Å². The van der Waals surface area contributed by atoms with Crippen LogP contribution in [-0.4, -0.2) is 31.7 Å². The van der Waals surface area contributed by atoms with Crippen molar-refractivity contribution < 1.29 is 9.53 Å². The van der Waals surface area contributed by atoms with Crippen molar-refractivity contribution in [2.45, 2.75) is 22.4 Å². The molecule has 1 heterocycles. The van der Waals surface area contributed by atoms with E-state index in [-0.39, 0.29) is 11.9 Å². The summed E-state index contributed by atoms with van der Waals surface area (Å²) in [5, 5.41) is 6.17. The Morgan fingerprint density at radius 1 is 1.17 bits per heavy atom. The van der Waals surface area contributed by atoms with E-state index in [0.29, 0.717) is 19.8 Å². The molecular formula is C18H20N2O2S. The van der Waals surface area contributed by atoms with E-state index in [1.807, 2.05) is 30.3 Å². The number of hydrogen-bond donors (Lipinski definition) is 2. The van der Waals surface area contributed by atoms with Crippen molar-refractivity contribution in [2.75, 3.05) is 19.8 Å². The van der Waals surface area contributed by atoms with Gasteiger partial charge in [0.2, 0.25) is 5.91 Å². The number of amides is 1. The molecule has 1 unspecified atom stereocenters. The minimum absolute atomic E-state index is 0.00999. The highest BCUT2D eigenvalue weighted by Gasteiger charge is 2.20. The molecule has 0 radical (unpaired) electrons. The smallest absolute Gasteiger partial charge is 0.239 e. The normalized spacial score (nSPS) is 17.7. The third-order valence-electron chi connectivity index (χ3n) is 3.63. The van der Waals surface area contributed by atoms with Crippen molar-refractivity contribution in [3.63, 3.8) is 0 Å². The molecule has 1 aliphatic rings. The van der Waals surface area contributed by atoms with Crippen LogP contribution in [-0.2, 0) is 16.1 Å². The van der Waals surface area contributed by atoms with Gasteiger partial charge in [0.25, 0.3) is 0 Å². The zero-order valence-electron chi connectivity index (χ0n) is 12.8. The van der Waals surface area contributed by atoms with Gasteiger partial charge in [-0.05, 0) is 23.8 Å². The first-order valence-electron chi connectivity index (χ1n) is 7.72. The molecule has 0 aromatic heterocycles. The Balaban J connectivity index is 1.62. The van der Waals surface area contributed by atoms with Crippen molar-refractivity contribution in [3.8, 4) is 0 Å². The predicted octanol–water partition coefficient (Wildman–Crippen LogP) is 2.44. The van der Waals surface area contributed by atoms with Crippen LogP contribution in [0.4, 0.5) is 0 Å². The van der Waals surface area contributed by atoms with Gasteiger partial charge in [-0.1, -0.05) is 48.2 Å². The van der Waals surface area contributed by atoms with Gasteiger partial charge in [0, 0.05) is 22.9 Å². The van der Waals surface area contributed by atoms with Crippen LogP contribution in [0.2, 0.25) is 0 Å². The molecule has 1 atom stereocenters. The van der Waals surface area contributed by atoms with Gasteiger partial charge in [-0.15, -0.1) is 0 Å². The molecule has 2 N–H and O–H groups in total. The van der Waals surface area contributed by atoms with Crippen molar-refractivity contribution in [2.24, 2.45) is 0 Å². The first-order chi connectivity index (χ1) is 11.3. The molecule has 0 bridgehead atoms. The van der Waals surface area contributed by atoms with Gasteiger partial charge >= 0.3 is 0 Å². The summed E-state index contributed by atoms with van der Waals surface area (Å²) >= 11 is 1.71. The van der Waals surface area contributed by atoms with Gasteiger partial charge in [-0.3, -0.25) is 4.79 Å². The Morgan fingerprint density at radius 2 is 1.96 bits per heavy atom. The summed E-state index contributed by atoms with van der Waals surface area (Å²) in [6.45, 7) is 2.35. The minimum Gasteiger partial charge on any atom is -0.378 e. The fourth-order valence-electron chi connectivity index (χ4n) is 2.40. The number of benzene rings is 2. The summed E-state index contributed by atoms with van der Waals surface area (Å²) in [5.74, 6) is -0.00999. The Morgan fingerprint density at radius 3 is 2.74 bits per heavy atom. The molecule has 4 nitrogen and oxygen atoms in total. The highest BCUT2D eigenvalue weighted by atomic mass is 32.2. The lowest BCUT2D eigenvalue weighted by Crippen LogP contribution is -2.51. The average molecular weight is 328 g/mol. The van der Waals surface area contributed by atoms with Crippen molar-refractivity contribution in [3.05, 3.63) is 60.2 Å². The maximum absolute atomic E-state index is 12.2. The third-order valence-corrected chi connectivity index (χ3v) is 4.76. The summed E-state index contributed by atoms with van der Waals surface area (Å²) in [6, 6.07) is 18.1. The van der Waals surface area contributed by atoms with Crippen LogP contribution in [0.1, 0.15) is 5.56 Å².